The van der Waals surface area contributed by atoms with Crippen molar-refractivity contribution in [2.45, 2.75) is 39.1 Å². The number of nitrogens with one attached hydrogen (secondary N) is 1. The summed E-state index contributed by atoms with van der Waals surface area (Å²) < 4.78 is 15.6. The summed E-state index contributed by atoms with van der Waals surface area (Å²) in [6.45, 7) is 8.35. The van der Waals surface area contributed by atoms with Crippen molar-refractivity contribution in [1.82, 2.24) is 10.2 Å². The van der Waals surface area contributed by atoms with Gasteiger partial charge in [-0.3, -0.25) is 0 Å². The van der Waals surface area contributed by atoms with Crippen molar-refractivity contribution in [1.29, 1.82) is 0 Å². The highest BCUT2D eigenvalue weighted by atomic mass is 16.7. The fourth-order valence-electron chi connectivity index (χ4n) is 1.98. The molecule has 1 aliphatic rings. The minimum atomic E-state index is -0.446. The fraction of sp³-hybridized carbons (Fsp3) is 0.800. The summed E-state index contributed by atoms with van der Waals surface area (Å²) in [5, 5.41) is 3.29. The van der Waals surface area contributed by atoms with Gasteiger partial charge >= 0.3 is 6.09 Å². The molecule has 122 valence electrons. The third kappa shape index (κ3) is 6.93. The van der Waals surface area contributed by atoms with Gasteiger partial charge in [0.2, 0.25) is 0 Å². The molecule has 6 heteroatoms. The van der Waals surface area contributed by atoms with Gasteiger partial charge in [-0.2, -0.15) is 0 Å². The van der Waals surface area contributed by atoms with E-state index in [4.69, 9.17) is 14.2 Å². The molecule has 0 saturated heterocycles. The van der Waals surface area contributed by atoms with Crippen molar-refractivity contribution in [2.24, 2.45) is 0 Å². The predicted molar refractivity (Wildman–Crippen MR) is 81.2 cm³/mol. The SMILES string of the molecule is COC(CNCC1=CCN(C(=O)OC(C)(C)C)CC1)OC. The highest BCUT2D eigenvalue weighted by Gasteiger charge is 2.23. The van der Waals surface area contributed by atoms with E-state index in [0.29, 0.717) is 19.6 Å². The molecule has 0 unspecified atom stereocenters. The Bertz CT molecular complexity index is 359. The number of amides is 1. The Morgan fingerprint density at radius 3 is 2.52 bits per heavy atom. The van der Waals surface area contributed by atoms with Crippen LogP contribution in [0.25, 0.3) is 0 Å². The van der Waals surface area contributed by atoms with Crippen LogP contribution >= 0.6 is 0 Å². The lowest BCUT2D eigenvalue weighted by atomic mass is 10.1. The molecule has 0 aromatic rings. The smallest absolute Gasteiger partial charge is 0.410 e. The van der Waals surface area contributed by atoms with Crippen molar-refractivity contribution >= 4 is 6.09 Å². The van der Waals surface area contributed by atoms with E-state index in [-0.39, 0.29) is 12.4 Å². The van der Waals surface area contributed by atoms with Crippen LogP contribution in [0, 0.1) is 0 Å². The summed E-state index contributed by atoms with van der Waals surface area (Å²) in [5.41, 5.74) is 0.846. The second-order valence-corrected chi connectivity index (χ2v) is 6.07. The molecular weight excluding hydrogens is 272 g/mol. The molecule has 1 rings (SSSR count). The van der Waals surface area contributed by atoms with Crippen molar-refractivity contribution in [3.63, 3.8) is 0 Å². The van der Waals surface area contributed by atoms with E-state index in [1.807, 2.05) is 20.8 Å². The van der Waals surface area contributed by atoms with E-state index in [1.54, 1.807) is 19.1 Å². The molecule has 0 aliphatic carbocycles. The molecule has 0 aromatic carbocycles. The minimum absolute atomic E-state index is 0.229. The quantitative estimate of drug-likeness (QED) is 0.598. The van der Waals surface area contributed by atoms with Crippen molar-refractivity contribution in [2.75, 3.05) is 40.4 Å². The molecule has 0 fully saturated rings. The number of rotatable bonds is 6. The molecule has 1 N–H and O–H groups in total. The number of hydrogen-bond donors (Lipinski definition) is 1. The van der Waals surface area contributed by atoms with Crippen LogP contribution in [0.1, 0.15) is 27.2 Å². The first-order valence-corrected chi connectivity index (χ1v) is 7.28. The molecular formula is C15H28N2O4. The van der Waals surface area contributed by atoms with E-state index >= 15 is 0 Å². The zero-order valence-electron chi connectivity index (χ0n) is 13.8. The van der Waals surface area contributed by atoms with Gasteiger partial charge in [-0.25, -0.2) is 4.79 Å². The van der Waals surface area contributed by atoms with Crippen LogP contribution in [0.4, 0.5) is 4.79 Å². The summed E-state index contributed by atoms with van der Waals surface area (Å²) in [7, 11) is 3.24. The molecule has 1 aliphatic heterocycles. The highest BCUT2D eigenvalue weighted by molar-refractivity contribution is 5.68. The topological polar surface area (TPSA) is 60.0 Å². The summed E-state index contributed by atoms with van der Waals surface area (Å²) in [5.74, 6) is 0. The molecule has 0 radical (unpaired) electrons. The highest BCUT2D eigenvalue weighted by Crippen LogP contribution is 2.14. The molecule has 0 atom stereocenters. The summed E-state index contributed by atoms with van der Waals surface area (Å²) >= 11 is 0. The van der Waals surface area contributed by atoms with Crippen LogP contribution in [0.3, 0.4) is 0 Å². The standard InChI is InChI=1S/C15H28N2O4/c1-15(2,3)21-14(18)17-8-6-12(7-9-17)10-16-11-13(19-4)20-5/h6,13,16H,7-11H2,1-5H3. The Labute approximate surface area is 127 Å². The Morgan fingerprint density at radius 1 is 1.38 bits per heavy atom. The average molecular weight is 300 g/mol. The number of ether oxygens (including phenoxy) is 3. The zero-order chi connectivity index (χ0) is 15.9. The lowest BCUT2D eigenvalue weighted by Crippen LogP contribution is -2.40. The summed E-state index contributed by atoms with van der Waals surface area (Å²) in [4.78, 5) is 13.7. The van der Waals surface area contributed by atoms with Crippen LogP contribution in [-0.4, -0.2) is 63.3 Å². The van der Waals surface area contributed by atoms with Crippen molar-refractivity contribution in [3.8, 4) is 0 Å². The molecule has 0 saturated carbocycles. The third-order valence-corrected chi connectivity index (χ3v) is 3.14. The van der Waals surface area contributed by atoms with Gasteiger partial charge in [0.05, 0.1) is 0 Å². The van der Waals surface area contributed by atoms with Gasteiger partial charge in [0.1, 0.15) is 5.60 Å². The molecule has 0 aromatic heterocycles. The van der Waals surface area contributed by atoms with Crippen LogP contribution in [-0.2, 0) is 14.2 Å². The Hall–Kier alpha value is -1.11. The largest absolute Gasteiger partial charge is 0.444 e. The molecule has 1 amide bonds. The first kappa shape index (κ1) is 17.9. The fourth-order valence-corrected chi connectivity index (χ4v) is 1.98. The van der Waals surface area contributed by atoms with Gasteiger partial charge in [-0.15, -0.1) is 0 Å². The van der Waals surface area contributed by atoms with E-state index in [0.717, 1.165) is 13.0 Å². The van der Waals surface area contributed by atoms with Gasteiger partial charge in [-0.05, 0) is 27.2 Å². The average Bonchev–Trinajstić information content (AvgIpc) is 2.42. The number of carbonyl (C=O) groups excluding carboxylic acids is 1. The molecule has 0 bridgehead atoms. The van der Waals surface area contributed by atoms with Gasteiger partial charge in [-0.1, -0.05) is 11.6 Å². The minimum Gasteiger partial charge on any atom is -0.444 e. The first-order valence-electron chi connectivity index (χ1n) is 7.28. The van der Waals surface area contributed by atoms with Crippen molar-refractivity contribution < 1.29 is 19.0 Å². The molecule has 21 heavy (non-hydrogen) atoms. The van der Waals surface area contributed by atoms with E-state index in [1.165, 1.54) is 5.57 Å². The zero-order valence-corrected chi connectivity index (χ0v) is 13.8. The van der Waals surface area contributed by atoms with E-state index in [2.05, 4.69) is 11.4 Å². The lowest BCUT2D eigenvalue weighted by molar-refractivity contribution is -0.0983. The van der Waals surface area contributed by atoms with E-state index < -0.39 is 5.60 Å². The summed E-state index contributed by atoms with van der Waals surface area (Å²) in [6, 6.07) is 0. The van der Waals surface area contributed by atoms with Gasteiger partial charge in [0, 0.05) is 40.4 Å². The van der Waals surface area contributed by atoms with Crippen LogP contribution in [0.5, 0.6) is 0 Å². The molecule has 0 spiro atoms. The lowest BCUT2D eigenvalue weighted by Gasteiger charge is -2.29. The van der Waals surface area contributed by atoms with Crippen LogP contribution in [0.15, 0.2) is 11.6 Å². The van der Waals surface area contributed by atoms with Gasteiger partial charge < -0.3 is 24.4 Å². The van der Waals surface area contributed by atoms with E-state index in [9.17, 15) is 4.79 Å². The molecule has 6 nitrogen and oxygen atoms in total. The maximum Gasteiger partial charge on any atom is 0.410 e. The van der Waals surface area contributed by atoms with Crippen molar-refractivity contribution in [3.05, 3.63) is 11.6 Å². The second-order valence-electron chi connectivity index (χ2n) is 6.07. The Morgan fingerprint density at radius 2 is 2.05 bits per heavy atom. The monoisotopic (exact) mass is 300 g/mol. The first-order chi connectivity index (χ1) is 9.85. The third-order valence-electron chi connectivity index (χ3n) is 3.14. The Kier molecular flexibility index (Phi) is 7.14. The summed E-state index contributed by atoms with van der Waals surface area (Å²) in [6.07, 6.45) is 2.46. The van der Waals surface area contributed by atoms with Gasteiger partial charge in [0.15, 0.2) is 6.29 Å². The molecule has 1 heterocycles. The van der Waals surface area contributed by atoms with Crippen LogP contribution in [0.2, 0.25) is 0 Å². The Balaban J connectivity index is 2.32. The maximum absolute atomic E-state index is 11.9. The van der Waals surface area contributed by atoms with Gasteiger partial charge in [0.25, 0.3) is 0 Å². The van der Waals surface area contributed by atoms with Crippen LogP contribution < -0.4 is 5.32 Å². The number of hydrogen-bond acceptors (Lipinski definition) is 5. The normalized spacial score (nSPS) is 16.1. The number of nitrogens with zero attached hydrogens (tertiary/aromatic N) is 1. The number of methoxy groups -OCH3 is 2. The maximum atomic E-state index is 11.9. The second kappa shape index (κ2) is 8.36. The number of carbonyl (C=O) groups is 1. The predicted octanol–water partition coefficient (Wildman–Crippen LogP) is 1.76.